The number of carbonyl (C=O) groups is 2. The van der Waals surface area contributed by atoms with Crippen molar-refractivity contribution in [1.82, 2.24) is 0 Å². The molecule has 24 heavy (non-hydrogen) atoms. The minimum Gasteiger partial charge on any atom is -0.323 e. The molecule has 4 nitrogen and oxygen atoms in total. The molecule has 124 valence electrons. The van der Waals surface area contributed by atoms with Gasteiger partial charge in [0.25, 0.3) is 0 Å². The number of halogens is 2. The molecule has 2 aromatic rings. The van der Waals surface area contributed by atoms with E-state index in [0.717, 1.165) is 0 Å². The second kappa shape index (κ2) is 7.05. The molecule has 1 unspecified atom stereocenters. The summed E-state index contributed by atoms with van der Waals surface area (Å²) >= 11 is 13.6. The molecule has 7 heteroatoms. The highest BCUT2D eigenvalue weighted by molar-refractivity contribution is 8.00. The highest BCUT2D eigenvalue weighted by Crippen LogP contribution is 2.38. The maximum absolute atomic E-state index is 12.9. The second-order valence-corrected chi connectivity index (χ2v) is 7.47. The summed E-state index contributed by atoms with van der Waals surface area (Å²) in [6.07, 6.45) is 0. The number of hydrogen-bond donors (Lipinski definition) is 1. The van der Waals surface area contributed by atoms with Crippen LogP contribution in [0.15, 0.2) is 47.4 Å². The lowest BCUT2D eigenvalue weighted by Gasteiger charge is -2.31. The third kappa shape index (κ3) is 3.38. The molecule has 0 saturated carbocycles. The first-order chi connectivity index (χ1) is 11.5. The molecule has 1 aliphatic rings. The predicted molar refractivity (Wildman–Crippen MR) is 99.2 cm³/mol. The van der Waals surface area contributed by atoms with Gasteiger partial charge in [0.2, 0.25) is 11.8 Å². The number of nitrogens with one attached hydrogen (secondary N) is 1. The van der Waals surface area contributed by atoms with E-state index in [1.807, 2.05) is 18.2 Å². The van der Waals surface area contributed by atoms with Crippen molar-refractivity contribution in [3.05, 3.63) is 52.5 Å². The quantitative estimate of drug-likeness (QED) is 0.799. The van der Waals surface area contributed by atoms with E-state index in [4.69, 9.17) is 23.2 Å². The molecule has 2 aromatic carbocycles. The van der Waals surface area contributed by atoms with Crippen LogP contribution in [0.5, 0.6) is 0 Å². The number of fused-ring (bicyclic) bond motifs is 1. The van der Waals surface area contributed by atoms with Crippen LogP contribution in [-0.4, -0.2) is 23.6 Å². The van der Waals surface area contributed by atoms with Crippen molar-refractivity contribution in [1.29, 1.82) is 0 Å². The van der Waals surface area contributed by atoms with Gasteiger partial charge in [0.05, 0.1) is 26.7 Å². The fourth-order valence-corrected chi connectivity index (χ4v) is 4.08. The van der Waals surface area contributed by atoms with Gasteiger partial charge in [-0.15, -0.1) is 11.8 Å². The number of carbonyl (C=O) groups excluding carboxylic acids is 2. The average Bonchev–Trinajstić information content (AvgIpc) is 2.56. The minimum absolute atomic E-state index is 0.00298. The number of anilines is 2. The first kappa shape index (κ1) is 17.1. The molecule has 2 amide bonds. The number of benzene rings is 2. The van der Waals surface area contributed by atoms with Gasteiger partial charge in [-0.3, -0.25) is 14.5 Å². The monoisotopic (exact) mass is 380 g/mol. The van der Waals surface area contributed by atoms with Crippen molar-refractivity contribution in [2.75, 3.05) is 16.8 Å². The first-order valence-corrected chi connectivity index (χ1v) is 8.92. The van der Waals surface area contributed by atoms with E-state index in [1.165, 1.54) is 16.7 Å². The molecular weight excluding hydrogens is 367 g/mol. The Hall–Kier alpha value is -1.69. The van der Waals surface area contributed by atoms with E-state index in [0.29, 0.717) is 26.3 Å². The van der Waals surface area contributed by atoms with E-state index in [-0.39, 0.29) is 18.4 Å². The summed E-state index contributed by atoms with van der Waals surface area (Å²) in [6.45, 7) is 1.78. The Morgan fingerprint density at radius 3 is 2.54 bits per heavy atom. The molecule has 0 fully saturated rings. The third-order valence-electron chi connectivity index (χ3n) is 3.60. The van der Waals surface area contributed by atoms with E-state index in [2.05, 4.69) is 5.32 Å². The van der Waals surface area contributed by atoms with Crippen molar-refractivity contribution in [3.63, 3.8) is 0 Å². The molecule has 0 aromatic heterocycles. The van der Waals surface area contributed by atoms with Crippen LogP contribution in [0, 0.1) is 0 Å². The smallest absolute Gasteiger partial charge is 0.244 e. The molecule has 1 aliphatic heterocycles. The minimum atomic E-state index is -0.443. The maximum atomic E-state index is 12.9. The number of nitrogens with zero attached hydrogens (tertiary/aromatic N) is 1. The summed E-state index contributed by atoms with van der Waals surface area (Å²) in [5, 5.41) is 3.33. The summed E-state index contributed by atoms with van der Waals surface area (Å²) in [7, 11) is 0. The van der Waals surface area contributed by atoms with Crippen LogP contribution in [0.2, 0.25) is 10.0 Å². The first-order valence-electron chi connectivity index (χ1n) is 7.28. The zero-order chi connectivity index (χ0) is 17.3. The van der Waals surface area contributed by atoms with Gasteiger partial charge >= 0.3 is 0 Å². The zero-order valence-electron chi connectivity index (χ0n) is 12.8. The van der Waals surface area contributed by atoms with Crippen molar-refractivity contribution in [3.8, 4) is 0 Å². The van der Waals surface area contributed by atoms with Gasteiger partial charge in [0.15, 0.2) is 0 Å². The summed E-state index contributed by atoms with van der Waals surface area (Å²) in [5.41, 5.74) is 1.33. The van der Waals surface area contributed by atoms with Crippen LogP contribution in [0.1, 0.15) is 6.92 Å². The SMILES string of the molecule is CC(Sc1c(Cl)cccc1Cl)C(=O)N1CC(=O)Nc2ccccc21. The van der Waals surface area contributed by atoms with E-state index in [1.54, 1.807) is 31.2 Å². The van der Waals surface area contributed by atoms with Gasteiger partial charge in [-0.25, -0.2) is 0 Å². The van der Waals surface area contributed by atoms with E-state index < -0.39 is 5.25 Å². The van der Waals surface area contributed by atoms with Crippen LogP contribution >= 0.6 is 35.0 Å². The normalized spacial score (nSPS) is 14.8. The third-order valence-corrected chi connectivity index (χ3v) is 5.68. The molecule has 0 aliphatic carbocycles. The fraction of sp³-hybridized carbons (Fsp3) is 0.176. The predicted octanol–water partition coefficient (Wildman–Crippen LogP) is 4.46. The molecule has 0 bridgehead atoms. The van der Waals surface area contributed by atoms with Crippen LogP contribution in [-0.2, 0) is 9.59 Å². The summed E-state index contributed by atoms with van der Waals surface area (Å²) in [4.78, 5) is 26.9. The van der Waals surface area contributed by atoms with Crippen LogP contribution in [0.25, 0.3) is 0 Å². The van der Waals surface area contributed by atoms with Gasteiger partial charge in [-0.2, -0.15) is 0 Å². The standard InChI is InChI=1S/C17H14Cl2N2O2S/c1-10(24-16-11(18)5-4-6-12(16)19)17(23)21-9-15(22)20-13-7-2-3-8-14(13)21/h2-8,10H,9H2,1H3,(H,20,22). The highest BCUT2D eigenvalue weighted by Gasteiger charge is 2.30. The van der Waals surface area contributed by atoms with Gasteiger partial charge in [-0.1, -0.05) is 41.4 Å². The Morgan fingerprint density at radius 1 is 1.17 bits per heavy atom. The van der Waals surface area contributed by atoms with Crippen molar-refractivity contribution in [2.45, 2.75) is 17.1 Å². The van der Waals surface area contributed by atoms with E-state index in [9.17, 15) is 9.59 Å². The van der Waals surface area contributed by atoms with Crippen LogP contribution < -0.4 is 10.2 Å². The second-order valence-electron chi connectivity index (χ2n) is 5.30. The van der Waals surface area contributed by atoms with E-state index >= 15 is 0 Å². The molecule has 1 N–H and O–H groups in total. The molecule has 1 atom stereocenters. The maximum Gasteiger partial charge on any atom is 0.244 e. The lowest BCUT2D eigenvalue weighted by atomic mass is 10.2. The largest absolute Gasteiger partial charge is 0.323 e. The fourth-order valence-electron chi connectivity index (χ4n) is 2.47. The number of rotatable bonds is 3. The lowest BCUT2D eigenvalue weighted by molar-refractivity contribution is -0.121. The number of thioether (sulfide) groups is 1. The van der Waals surface area contributed by atoms with Gasteiger partial charge in [0, 0.05) is 4.90 Å². The molecule has 0 radical (unpaired) electrons. The summed E-state index contributed by atoms with van der Waals surface area (Å²) in [5.74, 6) is -0.381. The molecule has 3 rings (SSSR count). The van der Waals surface area contributed by atoms with Crippen molar-refractivity contribution >= 4 is 58.2 Å². The average molecular weight is 381 g/mol. The Morgan fingerprint density at radius 2 is 1.83 bits per heavy atom. The Kier molecular flexibility index (Phi) is 5.04. The number of amides is 2. The van der Waals surface area contributed by atoms with Crippen molar-refractivity contribution in [2.24, 2.45) is 0 Å². The number of hydrogen-bond acceptors (Lipinski definition) is 3. The highest BCUT2D eigenvalue weighted by atomic mass is 35.5. The molecular formula is C17H14Cl2N2O2S. The summed E-state index contributed by atoms with van der Waals surface area (Å²) < 4.78 is 0. The Bertz CT molecular complexity index is 793. The Balaban J connectivity index is 1.85. The van der Waals surface area contributed by atoms with Gasteiger partial charge < -0.3 is 5.32 Å². The van der Waals surface area contributed by atoms with Crippen molar-refractivity contribution < 1.29 is 9.59 Å². The summed E-state index contributed by atoms with van der Waals surface area (Å²) in [6, 6.07) is 12.5. The van der Waals surface area contributed by atoms with Crippen LogP contribution in [0.4, 0.5) is 11.4 Å². The Labute approximate surface area is 154 Å². The zero-order valence-corrected chi connectivity index (χ0v) is 15.1. The van der Waals surface area contributed by atoms with Gasteiger partial charge in [-0.05, 0) is 31.2 Å². The topological polar surface area (TPSA) is 49.4 Å². The molecule has 0 saturated heterocycles. The lowest BCUT2D eigenvalue weighted by Crippen LogP contribution is -2.45. The molecule has 0 spiro atoms. The molecule has 1 heterocycles. The van der Waals surface area contributed by atoms with Crippen LogP contribution in [0.3, 0.4) is 0 Å². The van der Waals surface area contributed by atoms with Gasteiger partial charge in [0.1, 0.15) is 6.54 Å². The number of para-hydroxylation sites is 2.